The number of carbonyl (C=O) groups is 2. The smallest absolute Gasteiger partial charge is 0.408 e. The summed E-state index contributed by atoms with van der Waals surface area (Å²) in [5, 5.41) is 13.8. The Balaban J connectivity index is 1.62. The molecular weight excluding hydrogens is 613 g/mol. The van der Waals surface area contributed by atoms with E-state index in [9.17, 15) is 41.0 Å². The van der Waals surface area contributed by atoms with Gasteiger partial charge in [-0.2, -0.15) is 13.2 Å². The number of benzene rings is 3. The highest BCUT2D eigenvalue weighted by Gasteiger charge is 2.36. The average molecular weight is 635 g/mol. The lowest BCUT2D eigenvalue weighted by Gasteiger charge is -2.25. The number of hydrogen-bond donors (Lipinski definition) is 3. The molecule has 1 aliphatic heterocycles. The van der Waals surface area contributed by atoms with Crippen LogP contribution in [0.1, 0.15) is 34.8 Å². The normalized spacial score (nSPS) is 14.4. The average Bonchev–Trinajstić information content (AvgIpc) is 2.87. The molecule has 1 amide bonds. The Kier molecular flexibility index (Phi) is 9.17. The molecule has 4 rings (SSSR count). The maximum atomic E-state index is 14.7. The SMILES string of the molecule is CC(Nc1cc(F)c(C(=O)NC(Cc2ccc(-c3c(Cl)cc(F)cc3Cl)c3c2CCCO3)C(=O)O)c(F)c1)C(F)(F)F. The van der Waals surface area contributed by atoms with Crippen molar-refractivity contribution in [1.82, 2.24) is 5.32 Å². The van der Waals surface area contributed by atoms with E-state index in [0.29, 0.717) is 59.6 Å². The van der Waals surface area contributed by atoms with Crippen LogP contribution in [0.4, 0.5) is 32.0 Å². The monoisotopic (exact) mass is 634 g/mol. The summed E-state index contributed by atoms with van der Waals surface area (Å²) < 4.78 is 87.4. The highest BCUT2D eigenvalue weighted by molar-refractivity contribution is 6.39. The lowest BCUT2D eigenvalue weighted by molar-refractivity contribution is -0.139. The minimum Gasteiger partial charge on any atom is -0.493 e. The van der Waals surface area contributed by atoms with Crippen molar-refractivity contribution in [2.45, 2.75) is 44.4 Å². The number of rotatable bonds is 8. The zero-order chi connectivity index (χ0) is 30.9. The Morgan fingerprint density at radius 1 is 1.05 bits per heavy atom. The molecule has 3 aromatic rings. The topological polar surface area (TPSA) is 87.7 Å². The number of ether oxygens (including phenoxy) is 1. The lowest BCUT2D eigenvalue weighted by atomic mass is 9.90. The van der Waals surface area contributed by atoms with E-state index in [1.165, 1.54) is 0 Å². The molecule has 1 aliphatic rings. The number of carbonyl (C=O) groups excluding carboxylic acids is 1. The first-order chi connectivity index (χ1) is 19.7. The Morgan fingerprint density at radius 2 is 1.67 bits per heavy atom. The fraction of sp³-hybridized carbons (Fsp3) is 0.286. The van der Waals surface area contributed by atoms with Gasteiger partial charge in [0.05, 0.1) is 16.7 Å². The zero-order valence-electron chi connectivity index (χ0n) is 21.6. The molecule has 0 aliphatic carbocycles. The van der Waals surface area contributed by atoms with Crippen LogP contribution >= 0.6 is 23.2 Å². The van der Waals surface area contributed by atoms with Gasteiger partial charge in [0.1, 0.15) is 40.8 Å². The van der Waals surface area contributed by atoms with E-state index in [1.807, 2.05) is 5.32 Å². The minimum atomic E-state index is -4.70. The van der Waals surface area contributed by atoms with Crippen molar-refractivity contribution in [2.75, 3.05) is 11.9 Å². The maximum absolute atomic E-state index is 14.7. The molecule has 0 bridgehead atoms. The van der Waals surface area contributed by atoms with E-state index in [2.05, 4.69) is 5.32 Å². The van der Waals surface area contributed by atoms with Gasteiger partial charge in [-0.15, -0.1) is 0 Å². The second-order valence-electron chi connectivity index (χ2n) is 9.57. The summed E-state index contributed by atoms with van der Waals surface area (Å²) in [5.74, 6) is -6.21. The summed E-state index contributed by atoms with van der Waals surface area (Å²) in [6.07, 6.45) is -3.99. The first kappa shape index (κ1) is 31.3. The van der Waals surface area contributed by atoms with E-state index in [4.69, 9.17) is 27.9 Å². The van der Waals surface area contributed by atoms with E-state index in [1.54, 1.807) is 12.1 Å². The van der Waals surface area contributed by atoms with Gasteiger partial charge in [-0.05, 0) is 55.2 Å². The third-order valence-corrected chi connectivity index (χ3v) is 7.22. The summed E-state index contributed by atoms with van der Waals surface area (Å²) in [6, 6.07) is 2.50. The Hall–Kier alpha value is -3.64. The van der Waals surface area contributed by atoms with Crippen LogP contribution < -0.4 is 15.4 Å². The molecule has 0 fully saturated rings. The minimum absolute atomic E-state index is 0.0259. The van der Waals surface area contributed by atoms with Crippen LogP contribution in [-0.2, 0) is 17.6 Å². The van der Waals surface area contributed by atoms with Crippen LogP contribution in [0.2, 0.25) is 10.0 Å². The first-order valence-corrected chi connectivity index (χ1v) is 13.2. The van der Waals surface area contributed by atoms with Gasteiger partial charge < -0.3 is 20.5 Å². The highest BCUT2D eigenvalue weighted by atomic mass is 35.5. The van der Waals surface area contributed by atoms with E-state index < -0.39 is 58.8 Å². The van der Waals surface area contributed by atoms with Gasteiger partial charge in [0.15, 0.2) is 0 Å². The third-order valence-electron chi connectivity index (χ3n) is 6.62. The largest absolute Gasteiger partial charge is 0.493 e. The summed E-state index contributed by atoms with van der Waals surface area (Å²) in [6.45, 7) is 1.07. The van der Waals surface area contributed by atoms with Crippen LogP contribution in [0, 0.1) is 17.5 Å². The van der Waals surface area contributed by atoms with Gasteiger partial charge in [0.2, 0.25) is 0 Å². The molecule has 3 N–H and O–H groups in total. The fourth-order valence-corrected chi connectivity index (χ4v) is 5.24. The second kappa shape index (κ2) is 12.3. The van der Waals surface area contributed by atoms with Crippen LogP contribution in [-0.4, -0.2) is 41.8 Å². The number of fused-ring (bicyclic) bond motifs is 1. The van der Waals surface area contributed by atoms with E-state index >= 15 is 0 Å². The van der Waals surface area contributed by atoms with Gasteiger partial charge in [0, 0.05) is 23.2 Å². The predicted molar refractivity (Wildman–Crippen MR) is 144 cm³/mol. The molecule has 0 saturated heterocycles. The van der Waals surface area contributed by atoms with Crippen molar-refractivity contribution < 1.29 is 45.8 Å². The number of hydrogen-bond acceptors (Lipinski definition) is 4. The number of nitrogens with one attached hydrogen (secondary N) is 2. The molecule has 224 valence electrons. The molecular formula is C28H22Cl2F6N2O4. The Bertz CT molecular complexity index is 1500. The van der Waals surface area contributed by atoms with Gasteiger partial charge >= 0.3 is 12.1 Å². The summed E-state index contributed by atoms with van der Waals surface area (Å²) in [7, 11) is 0. The summed E-state index contributed by atoms with van der Waals surface area (Å²) in [4.78, 5) is 24.8. The Morgan fingerprint density at radius 3 is 2.24 bits per heavy atom. The number of carboxylic acids is 1. The van der Waals surface area contributed by atoms with E-state index in [0.717, 1.165) is 19.1 Å². The highest BCUT2D eigenvalue weighted by Crippen LogP contribution is 2.44. The molecule has 6 nitrogen and oxygen atoms in total. The molecule has 0 aromatic heterocycles. The number of halogens is 8. The van der Waals surface area contributed by atoms with Crippen molar-refractivity contribution in [3.63, 3.8) is 0 Å². The van der Waals surface area contributed by atoms with Gasteiger partial charge in [-0.3, -0.25) is 4.79 Å². The van der Waals surface area contributed by atoms with Crippen LogP contribution in [0.25, 0.3) is 11.1 Å². The molecule has 0 saturated carbocycles. The number of anilines is 1. The van der Waals surface area contributed by atoms with Crippen LogP contribution in [0.15, 0.2) is 36.4 Å². The third kappa shape index (κ3) is 6.70. The summed E-state index contributed by atoms with van der Waals surface area (Å²) in [5.41, 5.74) is 0.0551. The molecule has 2 atom stereocenters. The van der Waals surface area contributed by atoms with Crippen molar-refractivity contribution in [3.8, 4) is 16.9 Å². The predicted octanol–water partition coefficient (Wildman–Crippen LogP) is 7.19. The van der Waals surface area contributed by atoms with Crippen molar-refractivity contribution in [2.24, 2.45) is 0 Å². The molecule has 2 unspecified atom stereocenters. The molecule has 1 heterocycles. The second-order valence-corrected chi connectivity index (χ2v) is 10.4. The first-order valence-electron chi connectivity index (χ1n) is 12.5. The van der Waals surface area contributed by atoms with Crippen molar-refractivity contribution in [3.05, 3.63) is 80.6 Å². The number of alkyl halides is 3. The van der Waals surface area contributed by atoms with Crippen molar-refractivity contribution >= 4 is 40.8 Å². The lowest BCUT2D eigenvalue weighted by Crippen LogP contribution is -2.43. The van der Waals surface area contributed by atoms with Crippen LogP contribution in [0.5, 0.6) is 5.75 Å². The fourth-order valence-electron chi connectivity index (χ4n) is 4.57. The van der Waals surface area contributed by atoms with Gasteiger partial charge in [-0.25, -0.2) is 18.0 Å². The summed E-state index contributed by atoms with van der Waals surface area (Å²) >= 11 is 12.5. The number of carboxylic acid groups (broad SMARTS) is 1. The van der Waals surface area contributed by atoms with E-state index in [-0.39, 0.29) is 16.5 Å². The van der Waals surface area contributed by atoms with Crippen LogP contribution in [0.3, 0.4) is 0 Å². The Labute approximate surface area is 245 Å². The number of aliphatic carboxylic acids is 1. The standard InChI is InChI=1S/C28H22Cl2F6N2O4/c1-12(28(34,35)36)37-15-10-20(32)24(21(33)11-15)26(39)38-22(27(40)41)7-13-4-5-17(25-16(13)3-2-6-42-25)23-18(29)8-14(31)9-19(23)30/h4-5,8-12,22,37H,2-3,6-7H2,1H3,(H,38,39)(H,40,41). The molecule has 42 heavy (non-hydrogen) atoms. The molecule has 0 spiro atoms. The number of amides is 1. The van der Waals surface area contributed by atoms with Gasteiger partial charge in [-0.1, -0.05) is 35.3 Å². The quantitative estimate of drug-likeness (QED) is 0.228. The molecule has 0 radical (unpaired) electrons. The maximum Gasteiger partial charge on any atom is 0.408 e. The molecule has 3 aromatic carbocycles. The molecule has 14 heteroatoms. The van der Waals surface area contributed by atoms with Crippen molar-refractivity contribution in [1.29, 1.82) is 0 Å². The van der Waals surface area contributed by atoms with Gasteiger partial charge in [0.25, 0.3) is 5.91 Å². The zero-order valence-corrected chi connectivity index (χ0v) is 23.2.